The molecule has 0 amide bonds. The number of ether oxygens (including phenoxy) is 1. The van der Waals surface area contributed by atoms with E-state index in [9.17, 15) is 5.11 Å². The van der Waals surface area contributed by atoms with Gasteiger partial charge in [0.25, 0.3) is 0 Å². The summed E-state index contributed by atoms with van der Waals surface area (Å²) in [5.74, 6) is 0.868. The van der Waals surface area contributed by atoms with E-state index in [4.69, 9.17) is 4.74 Å². The SMILES string of the molecule is Cc1cccc(OCCC(O)Cc2ccccc2)c1. The normalized spacial score (nSPS) is 12.1. The third kappa shape index (κ3) is 4.76. The molecule has 1 unspecified atom stereocenters. The van der Waals surface area contributed by atoms with Gasteiger partial charge in [-0.1, -0.05) is 42.5 Å². The zero-order chi connectivity index (χ0) is 13.5. The molecule has 2 heteroatoms. The monoisotopic (exact) mass is 256 g/mol. The summed E-state index contributed by atoms with van der Waals surface area (Å²) in [5.41, 5.74) is 2.34. The van der Waals surface area contributed by atoms with E-state index in [1.807, 2.05) is 61.5 Å². The lowest BCUT2D eigenvalue weighted by molar-refractivity contribution is 0.139. The van der Waals surface area contributed by atoms with Gasteiger partial charge in [0.05, 0.1) is 12.7 Å². The first-order valence-electron chi connectivity index (χ1n) is 6.65. The minimum absolute atomic E-state index is 0.354. The number of aryl methyl sites for hydroxylation is 1. The van der Waals surface area contributed by atoms with E-state index < -0.39 is 0 Å². The summed E-state index contributed by atoms with van der Waals surface area (Å²) in [4.78, 5) is 0. The molecule has 0 saturated heterocycles. The zero-order valence-corrected chi connectivity index (χ0v) is 11.3. The van der Waals surface area contributed by atoms with Gasteiger partial charge in [-0.15, -0.1) is 0 Å². The van der Waals surface area contributed by atoms with E-state index in [0.29, 0.717) is 19.4 Å². The molecule has 0 heterocycles. The molecule has 2 aromatic carbocycles. The second-order valence-electron chi connectivity index (χ2n) is 4.80. The van der Waals surface area contributed by atoms with E-state index in [0.717, 1.165) is 11.3 Å². The first kappa shape index (κ1) is 13.6. The maximum atomic E-state index is 9.96. The molecular weight excluding hydrogens is 236 g/mol. The van der Waals surface area contributed by atoms with Gasteiger partial charge in [0.1, 0.15) is 5.75 Å². The molecule has 0 radical (unpaired) electrons. The first-order chi connectivity index (χ1) is 9.24. The van der Waals surface area contributed by atoms with Crippen LogP contribution in [0.3, 0.4) is 0 Å². The second kappa shape index (κ2) is 6.95. The largest absolute Gasteiger partial charge is 0.493 e. The van der Waals surface area contributed by atoms with Crippen molar-refractivity contribution in [2.45, 2.75) is 25.9 Å². The Balaban J connectivity index is 1.73. The van der Waals surface area contributed by atoms with Crippen LogP contribution in [-0.2, 0) is 6.42 Å². The van der Waals surface area contributed by atoms with Crippen LogP contribution in [0.15, 0.2) is 54.6 Å². The van der Waals surface area contributed by atoms with Gasteiger partial charge < -0.3 is 9.84 Å². The van der Waals surface area contributed by atoms with Gasteiger partial charge in [-0.2, -0.15) is 0 Å². The summed E-state index contributed by atoms with van der Waals surface area (Å²) in [6.07, 6.45) is 0.966. The van der Waals surface area contributed by atoms with E-state index >= 15 is 0 Å². The molecule has 0 saturated carbocycles. The van der Waals surface area contributed by atoms with Gasteiger partial charge >= 0.3 is 0 Å². The van der Waals surface area contributed by atoms with Crippen LogP contribution in [0.1, 0.15) is 17.5 Å². The Hall–Kier alpha value is -1.80. The maximum Gasteiger partial charge on any atom is 0.119 e. The molecule has 2 rings (SSSR count). The molecule has 0 aliphatic rings. The molecule has 0 aliphatic carbocycles. The van der Waals surface area contributed by atoms with E-state index in [-0.39, 0.29) is 6.10 Å². The highest BCUT2D eigenvalue weighted by molar-refractivity contribution is 5.27. The van der Waals surface area contributed by atoms with E-state index in [2.05, 4.69) is 0 Å². The summed E-state index contributed by atoms with van der Waals surface area (Å²) in [7, 11) is 0. The fourth-order valence-corrected chi connectivity index (χ4v) is 2.01. The molecule has 0 aliphatic heterocycles. The van der Waals surface area contributed by atoms with Crippen molar-refractivity contribution >= 4 is 0 Å². The van der Waals surface area contributed by atoms with Gasteiger partial charge in [0.2, 0.25) is 0 Å². The van der Waals surface area contributed by atoms with Crippen molar-refractivity contribution in [2.24, 2.45) is 0 Å². The molecular formula is C17H20O2. The van der Waals surface area contributed by atoms with Crippen LogP contribution in [0, 0.1) is 6.92 Å². The van der Waals surface area contributed by atoms with Crippen LogP contribution in [-0.4, -0.2) is 17.8 Å². The van der Waals surface area contributed by atoms with Crippen LogP contribution in [0.25, 0.3) is 0 Å². The van der Waals surface area contributed by atoms with Gasteiger partial charge in [0, 0.05) is 6.42 Å². The van der Waals surface area contributed by atoms with Crippen molar-refractivity contribution < 1.29 is 9.84 Å². The topological polar surface area (TPSA) is 29.5 Å². The molecule has 1 atom stereocenters. The van der Waals surface area contributed by atoms with Crippen LogP contribution in [0.4, 0.5) is 0 Å². The van der Waals surface area contributed by atoms with Crippen molar-refractivity contribution in [1.29, 1.82) is 0 Å². The summed E-state index contributed by atoms with van der Waals surface area (Å²) < 4.78 is 5.64. The van der Waals surface area contributed by atoms with Gasteiger partial charge in [-0.05, 0) is 36.6 Å². The van der Waals surface area contributed by atoms with Crippen LogP contribution >= 0.6 is 0 Å². The van der Waals surface area contributed by atoms with Crippen molar-refractivity contribution in [3.8, 4) is 5.75 Å². The molecule has 0 aromatic heterocycles. The summed E-state index contributed by atoms with van der Waals surface area (Å²) >= 11 is 0. The number of rotatable bonds is 6. The van der Waals surface area contributed by atoms with Crippen LogP contribution < -0.4 is 4.74 Å². The smallest absolute Gasteiger partial charge is 0.119 e. The quantitative estimate of drug-likeness (QED) is 0.858. The number of hydrogen-bond acceptors (Lipinski definition) is 2. The number of hydrogen-bond donors (Lipinski definition) is 1. The third-order valence-corrected chi connectivity index (χ3v) is 3.02. The molecule has 0 bridgehead atoms. The lowest BCUT2D eigenvalue weighted by Crippen LogP contribution is -2.14. The number of aliphatic hydroxyl groups excluding tert-OH is 1. The predicted octanol–water partition coefficient (Wildman–Crippen LogP) is 3.37. The molecule has 100 valence electrons. The van der Waals surface area contributed by atoms with Gasteiger partial charge in [0.15, 0.2) is 0 Å². The van der Waals surface area contributed by atoms with E-state index in [1.54, 1.807) is 0 Å². The Kier molecular flexibility index (Phi) is 4.99. The Morgan fingerprint density at radius 3 is 2.58 bits per heavy atom. The number of aliphatic hydroxyl groups is 1. The predicted molar refractivity (Wildman–Crippen MR) is 77.4 cm³/mol. The van der Waals surface area contributed by atoms with Crippen molar-refractivity contribution in [3.63, 3.8) is 0 Å². The second-order valence-corrected chi connectivity index (χ2v) is 4.80. The fourth-order valence-electron chi connectivity index (χ4n) is 2.01. The molecule has 0 spiro atoms. The maximum absolute atomic E-state index is 9.96. The van der Waals surface area contributed by atoms with Crippen molar-refractivity contribution in [3.05, 3.63) is 65.7 Å². The van der Waals surface area contributed by atoms with Crippen molar-refractivity contribution in [1.82, 2.24) is 0 Å². The average Bonchev–Trinajstić information content (AvgIpc) is 2.40. The van der Waals surface area contributed by atoms with Crippen LogP contribution in [0.2, 0.25) is 0 Å². The summed E-state index contributed by atoms with van der Waals surface area (Å²) in [6.45, 7) is 2.58. The average molecular weight is 256 g/mol. The molecule has 2 nitrogen and oxygen atoms in total. The molecule has 1 N–H and O–H groups in total. The lowest BCUT2D eigenvalue weighted by Gasteiger charge is -2.12. The Morgan fingerprint density at radius 1 is 1.05 bits per heavy atom. The third-order valence-electron chi connectivity index (χ3n) is 3.02. The van der Waals surface area contributed by atoms with E-state index in [1.165, 1.54) is 5.56 Å². The minimum atomic E-state index is -0.354. The summed E-state index contributed by atoms with van der Waals surface area (Å²) in [6, 6.07) is 18.0. The summed E-state index contributed by atoms with van der Waals surface area (Å²) in [5, 5.41) is 9.96. The van der Waals surface area contributed by atoms with Gasteiger partial charge in [-0.3, -0.25) is 0 Å². The lowest BCUT2D eigenvalue weighted by atomic mass is 10.1. The van der Waals surface area contributed by atoms with Crippen molar-refractivity contribution in [2.75, 3.05) is 6.61 Å². The molecule has 2 aromatic rings. The highest BCUT2D eigenvalue weighted by Crippen LogP contribution is 2.13. The standard InChI is InChI=1S/C17H20O2/c1-14-6-5-9-17(12-14)19-11-10-16(18)13-15-7-3-2-4-8-15/h2-9,12,16,18H,10-11,13H2,1H3. The Morgan fingerprint density at radius 2 is 1.84 bits per heavy atom. The minimum Gasteiger partial charge on any atom is -0.493 e. The molecule has 19 heavy (non-hydrogen) atoms. The Labute approximate surface area is 114 Å². The first-order valence-corrected chi connectivity index (χ1v) is 6.65. The highest BCUT2D eigenvalue weighted by Gasteiger charge is 2.05. The van der Waals surface area contributed by atoms with Gasteiger partial charge in [-0.25, -0.2) is 0 Å². The molecule has 0 fully saturated rings. The zero-order valence-electron chi connectivity index (χ0n) is 11.3. The highest BCUT2D eigenvalue weighted by atomic mass is 16.5. The van der Waals surface area contributed by atoms with Crippen LogP contribution in [0.5, 0.6) is 5.75 Å². The Bertz CT molecular complexity index is 494. The fraction of sp³-hybridized carbons (Fsp3) is 0.294. The number of benzene rings is 2.